The Bertz CT molecular complexity index is 961. The molecule has 0 N–H and O–H groups in total. The zero-order chi connectivity index (χ0) is 16.8. The summed E-state index contributed by atoms with van der Waals surface area (Å²) < 4.78 is 5.39. The predicted octanol–water partition coefficient (Wildman–Crippen LogP) is 5.25. The molecular weight excluding hydrogens is 345 g/mol. The lowest BCUT2D eigenvalue weighted by Gasteiger charge is -2.30. The molecule has 1 aliphatic rings. The van der Waals surface area contributed by atoms with Gasteiger partial charge in [-0.2, -0.15) is 0 Å². The molecule has 3 aromatic rings. The van der Waals surface area contributed by atoms with Crippen LogP contribution in [0.1, 0.15) is 27.0 Å². The van der Waals surface area contributed by atoms with Gasteiger partial charge in [-0.1, -0.05) is 29.3 Å². The van der Waals surface area contributed by atoms with Gasteiger partial charge >= 0.3 is 0 Å². The van der Waals surface area contributed by atoms with E-state index in [2.05, 4.69) is 0 Å². The van der Waals surface area contributed by atoms with E-state index >= 15 is 0 Å². The van der Waals surface area contributed by atoms with Crippen molar-refractivity contribution in [1.82, 2.24) is 4.90 Å². The van der Waals surface area contributed by atoms with Crippen LogP contribution in [-0.2, 0) is 13.0 Å². The van der Waals surface area contributed by atoms with Gasteiger partial charge in [-0.3, -0.25) is 4.79 Å². The Morgan fingerprint density at radius 1 is 1.21 bits per heavy atom. The lowest BCUT2D eigenvalue weighted by molar-refractivity contribution is 0.0735. The highest BCUT2D eigenvalue weighted by Gasteiger charge is 2.25. The lowest BCUT2D eigenvalue weighted by Crippen LogP contribution is -2.36. The number of amides is 1. The van der Waals surface area contributed by atoms with Crippen LogP contribution < -0.4 is 0 Å². The Morgan fingerprint density at radius 3 is 2.88 bits per heavy atom. The largest absolute Gasteiger partial charge is 0.464 e. The van der Waals surface area contributed by atoms with E-state index < -0.39 is 0 Å². The summed E-state index contributed by atoms with van der Waals surface area (Å²) >= 11 is 12.7. The molecule has 0 radical (unpaired) electrons. The molecule has 24 heavy (non-hydrogen) atoms. The number of halogens is 2. The summed E-state index contributed by atoms with van der Waals surface area (Å²) in [6, 6.07) is 9.34. The highest BCUT2D eigenvalue weighted by Crippen LogP contribution is 2.34. The summed E-state index contributed by atoms with van der Waals surface area (Å²) in [7, 11) is 0. The van der Waals surface area contributed by atoms with Crippen molar-refractivity contribution in [3.8, 4) is 0 Å². The smallest absolute Gasteiger partial charge is 0.254 e. The maximum Gasteiger partial charge on any atom is 0.254 e. The number of furan rings is 1. The van der Waals surface area contributed by atoms with E-state index in [9.17, 15) is 4.79 Å². The summed E-state index contributed by atoms with van der Waals surface area (Å²) in [5.74, 6) is -0.00762. The lowest BCUT2D eigenvalue weighted by atomic mass is 9.96. The third kappa shape index (κ3) is 2.48. The zero-order valence-electron chi connectivity index (χ0n) is 13.1. The van der Waals surface area contributed by atoms with Gasteiger partial charge in [-0.25, -0.2) is 0 Å². The standard InChI is InChI=1S/C19H15Cl2NO2/c1-11-16(20)8-14-10-22(6-4-15(14)18(11)21)19(23)13-3-2-12-5-7-24-17(12)9-13/h2-3,5,7-9H,4,6,10H2,1H3. The molecule has 0 saturated carbocycles. The highest BCUT2D eigenvalue weighted by molar-refractivity contribution is 6.36. The molecule has 0 atom stereocenters. The minimum absolute atomic E-state index is 0.00762. The maximum atomic E-state index is 12.8. The first-order chi connectivity index (χ1) is 11.5. The van der Waals surface area contributed by atoms with Crippen LogP contribution in [0.3, 0.4) is 0 Å². The number of benzene rings is 2. The van der Waals surface area contributed by atoms with Crippen molar-refractivity contribution in [2.45, 2.75) is 19.9 Å². The van der Waals surface area contributed by atoms with Gasteiger partial charge in [0.2, 0.25) is 0 Å². The Balaban J connectivity index is 1.65. The van der Waals surface area contributed by atoms with Crippen LogP contribution in [-0.4, -0.2) is 17.4 Å². The molecule has 0 bridgehead atoms. The molecule has 5 heteroatoms. The van der Waals surface area contributed by atoms with Gasteiger partial charge < -0.3 is 9.32 Å². The van der Waals surface area contributed by atoms with Crippen LogP contribution in [0, 0.1) is 6.92 Å². The molecule has 1 aliphatic heterocycles. The molecule has 2 heterocycles. The fraction of sp³-hybridized carbons (Fsp3) is 0.211. The van der Waals surface area contributed by atoms with Crippen molar-refractivity contribution in [3.05, 3.63) is 68.9 Å². The van der Waals surface area contributed by atoms with Crippen molar-refractivity contribution in [2.75, 3.05) is 6.54 Å². The molecule has 0 fully saturated rings. The Labute approximate surface area is 149 Å². The molecule has 1 amide bonds. The first-order valence-corrected chi connectivity index (χ1v) is 8.53. The third-order valence-corrected chi connectivity index (χ3v) is 5.53. The second kappa shape index (κ2) is 5.83. The van der Waals surface area contributed by atoms with Gasteiger partial charge in [-0.05, 0) is 54.3 Å². The fourth-order valence-electron chi connectivity index (χ4n) is 3.21. The summed E-state index contributed by atoms with van der Waals surface area (Å²) in [4.78, 5) is 14.7. The summed E-state index contributed by atoms with van der Waals surface area (Å²) in [6.45, 7) is 3.08. The van der Waals surface area contributed by atoms with Crippen molar-refractivity contribution in [3.63, 3.8) is 0 Å². The number of carbonyl (C=O) groups excluding carboxylic acids is 1. The molecule has 0 unspecified atom stereocenters. The van der Waals surface area contributed by atoms with Gasteiger partial charge in [0.1, 0.15) is 5.58 Å². The summed E-state index contributed by atoms with van der Waals surface area (Å²) in [5, 5.41) is 2.36. The first kappa shape index (κ1) is 15.6. The monoisotopic (exact) mass is 359 g/mol. The molecule has 0 aliphatic carbocycles. The van der Waals surface area contributed by atoms with Crippen LogP contribution in [0.4, 0.5) is 0 Å². The Kier molecular flexibility index (Phi) is 3.78. The number of hydrogen-bond donors (Lipinski definition) is 0. The average molecular weight is 360 g/mol. The van der Waals surface area contributed by atoms with E-state index in [1.807, 2.05) is 36.1 Å². The molecule has 3 nitrogen and oxygen atoms in total. The van der Waals surface area contributed by atoms with Gasteiger partial charge in [0, 0.05) is 34.1 Å². The molecule has 2 aromatic carbocycles. The van der Waals surface area contributed by atoms with Crippen LogP contribution in [0.25, 0.3) is 11.0 Å². The second-order valence-electron chi connectivity index (χ2n) is 6.08. The van der Waals surface area contributed by atoms with E-state index in [-0.39, 0.29) is 5.91 Å². The quantitative estimate of drug-likeness (QED) is 0.594. The van der Waals surface area contributed by atoms with Crippen LogP contribution in [0.5, 0.6) is 0 Å². The molecular formula is C19H15Cl2NO2. The van der Waals surface area contributed by atoms with Gasteiger partial charge in [0.05, 0.1) is 6.26 Å². The molecule has 122 valence electrons. The van der Waals surface area contributed by atoms with Crippen molar-refractivity contribution >= 4 is 40.1 Å². The molecule has 4 rings (SSSR count). The predicted molar refractivity (Wildman–Crippen MR) is 95.9 cm³/mol. The fourth-order valence-corrected chi connectivity index (χ4v) is 3.80. The van der Waals surface area contributed by atoms with E-state index in [4.69, 9.17) is 27.6 Å². The van der Waals surface area contributed by atoms with E-state index in [1.54, 1.807) is 12.3 Å². The van der Waals surface area contributed by atoms with Crippen LogP contribution in [0.2, 0.25) is 10.0 Å². The topological polar surface area (TPSA) is 33.5 Å². The van der Waals surface area contributed by atoms with Crippen molar-refractivity contribution in [1.29, 1.82) is 0 Å². The van der Waals surface area contributed by atoms with E-state index in [0.717, 1.165) is 39.1 Å². The first-order valence-electron chi connectivity index (χ1n) is 7.77. The number of nitrogens with zero attached hydrogens (tertiary/aromatic N) is 1. The third-order valence-electron chi connectivity index (χ3n) is 4.62. The maximum absolute atomic E-state index is 12.8. The number of rotatable bonds is 1. The van der Waals surface area contributed by atoms with Gasteiger partial charge in [-0.15, -0.1) is 0 Å². The van der Waals surface area contributed by atoms with Crippen LogP contribution >= 0.6 is 23.2 Å². The summed E-state index contributed by atoms with van der Waals surface area (Å²) in [5.41, 5.74) is 4.38. The molecule has 0 spiro atoms. The minimum atomic E-state index is -0.00762. The van der Waals surface area contributed by atoms with E-state index in [1.165, 1.54) is 0 Å². The van der Waals surface area contributed by atoms with Crippen molar-refractivity contribution < 1.29 is 9.21 Å². The SMILES string of the molecule is Cc1c(Cl)cc2c(c1Cl)CCN(C(=O)c1ccc3ccoc3c1)C2. The number of fused-ring (bicyclic) bond motifs is 2. The Morgan fingerprint density at radius 2 is 2.04 bits per heavy atom. The van der Waals surface area contributed by atoms with Gasteiger partial charge in [0.25, 0.3) is 5.91 Å². The van der Waals surface area contributed by atoms with Crippen molar-refractivity contribution in [2.24, 2.45) is 0 Å². The number of hydrogen-bond acceptors (Lipinski definition) is 2. The van der Waals surface area contributed by atoms with Crippen LogP contribution in [0.15, 0.2) is 41.0 Å². The molecule has 1 aromatic heterocycles. The second-order valence-corrected chi connectivity index (χ2v) is 6.87. The molecule has 0 saturated heterocycles. The normalized spacial score (nSPS) is 14.0. The number of carbonyl (C=O) groups is 1. The van der Waals surface area contributed by atoms with Gasteiger partial charge in [0.15, 0.2) is 0 Å². The van der Waals surface area contributed by atoms with E-state index in [0.29, 0.717) is 23.7 Å². The highest BCUT2D eigenvalue weighted by atomic mass is 35.5. The summed E-state index contributed by atoms with van der Waals surface area (Å²) in [6.07, 6.45) is 2.36. The average Bonchev–Trinajstić information content (AvgIpc) is 3.06. The minimum Gasteiger partial charge on any atom is -0.464 e. The Hall–Kier alpha value is -1.97. The zero-order valence-corrected chi connectivity index (χ0v) is 14.6.